The number of benzene rings is 2. The number of nitrogens with zero attached hydrogens (tertiary/aromatic N) is 2. The summed E-state index contributed by atoms with van der Waals surface area (Å²) in [7, 11) is 1.61. The summed E-state index contributed by atoms with van der Waals surface area (Å²) in [6, 6.07) is 12.7. The lowest BCUT2D eigenvalue weighted by Gasteiger charge is -2.16. The van der Waals surface area contributed by atoms with Crippen molar-refractivity contribution in [1.82, 2.24) is 9.55 Å². The van der Waals surface area contributed by atoms with Gasteiger partial charge in [0.15, 0.2) is 0 Å². The number of aromatic nitrogens is 2. The van der Waals surface area contributed by atoms with Crippen molar-refractivity contribution in [2.24, 2.45) is 0 Å². The SMILES string of the molecule is COc1ccc(-c2csc3ncn(C(C)C(=O)Nc4cc(C)ccc4C)c(=O)c23)cc1. The molecular weight excluding hydrogens is 410 g/mol. The van der Waals surface area contributed by atoms with E-state index in [4.69, 9.17) is 4.74 Å². The van der Waals surface area contributed by atoms with E-state index in [1.165, 1.54) is 22.2 Å². The predicted octanol–water partition coefficient (Wildman–Crippen LogP) is 4.95. The molecule has 2 heterocycles. The van der Waals surface area contributed by atoms with Crippen molar-refractivity contribution in [1.29, 1.82) is 0 Å². The maximum atomic E-state index is 13.4. The minimum atomic E-state index is -0.715. The first-order chi connectivity index (χ1) is 14.9. The molecule has 6 nitrogen and oxygen atoms in total. The number of nitrogens with one attached hydrogen (secondary N) is 1. The number of thiophene rings is 1. The van der Waals surface area contributed by atoms with Crippen molar-refractivity contribution in [3.8, 4) is 16.9 Å². The van der Waals surface area contributed by atoms with Crippen LogP contribution in [0.3, 0.4) is 0 Å². The first-order valence-corrected chi connectivity index (χ1v) is 10.8. The summed E-state index contributed by atoms with van der Waals surface area (Å²) in [5, 5.41) is 5.38. The molecule has 0 saturated carbocycles. The van der Waals surface area contributed by atoms with E-state index in [1.807, 2.05) is 61.7 Å². The number of rotatable bonds is 5. The summed E-state index contributed by atoms with van der Waals surface area (Å²) in [6.45, 7) is 5.61. The Morgan fingerprint density at radius 3 is 2.61 bits per heavy atom. The van der Waals surface area contributed by atoms with Gasteiger partial charge in [-0.2, -0.15) is 0 Å². The third-order valence-electron chi connectivity index (χ3n) is 5.37. The maximum absolute atomic E-state index is 13.4. The van der Waals surface area contributed by atoms with Crippen LogP contribution in [0.15, 0.2) is 59.0 Å². The Hall–Kier alpha value is -3.45. The number of carbonyl (C=O) groups is 1. The Morgan fingerprint density at radius 2 is 1.90 bits per heavy atom. The standard InChI is InChI=1S/C24H23N3O3S/c1-14-5-6-15(2)20(11-14)26-22(28)16(3)27-13-25-23-21(24(27)29)19(12-31-23)17-7-9-18(30-4)10-8-17/h5-13,16H,1-4H3,(H,26,28). The number of carbonyl (C=O) groups excluding carboxylic acids is 1. The average Bonchev–Trinajstić information content (AvgIpc) is 3.21. The van der Waals surface area contributed by atoms with Gasteiger partial charge in [-0.15, -0.1) is 11.3 Å². The highest BCUT2D eigenvalue weighted by atomic mass is 32.1. The zero-order valence-electron chi connectivity index (χ0n) is 17.8. The molecule has 0 aliphatic rings. The number of hydrogen-bond acceptors (Lipinski definition) is 5. The lowest BCUT2D eigenvalue weighted by Crippen LogP contribution is -2.31. The Kier molecular flexibility index (Phi) is 5.61. The molecular formula is C24H23N3O3S. The highest BCUT2D eigenvalue weighted by Gasteiger charge is 2.21. The summed E-state index contributed by atoms with van der Waals surface area (Å²) in [5.74, 6) is 0.480. The second kappa shape index (κ2) is 8.35. The van der Waals surface area contributed by atoms with Crippen LogP contribution in [-0.4, -0.2) is 22.6 Å². The van der Waals surface area contributed by atoms with Gasteiger partial charge in [-0.1, -0.05) is 24.3 Å². The second-order valence-corrected chi connectivity index (χ2v) is 8.36. The molecule has 0 radical (unpaired) electrons. The zero-order chi connectivity index (χ0) is 22.1. The van der Waals surface area contributed by atoms with E-state index in [-0.39, 0.29) is 11.5 Å². The van der Waals surface area contributed by atoms with Crippen LogP contribution in [0.1, 0.15) is 24.1 Å². The molecule has 0 aliphatic carbocycles. The number of anilines is 1. The lowest BCUT2D eigenvalue weighted by molar-refractivity contribution is -0.118. The molecule has 1 amide bonds. The van der Waals surface area contributed by atoms with Gasteiger partial charge in [-0.05, 0) is 55.7 Å². The zero-order valence-corrected chi connectivity index (χ0v) is 18.6. The van der Waals surface area contributed by atoms with Crippen molar-refractivity contribution in [3.05, 3.63) is 75.7 Å². The molecule has 0 spiro atoms. The number of aryl methyl sites for hydroxylation is 2. The minimum absolute atomic E-state index is 0.235. The molecule has 31 heavy (non-hydrogen) atoms. The van der Waals surface area contributed by atoms with Gasteiger partial charge in [-0.25, -0.2) is 4.98 Å². The van der Waals surface area contributed by atoms with Crippen LogP contribution in [-0.2, 0) is 4.79 Å². The summed E-state index contributed by atoms with van der Waals surface area (Å²) in [4.78, 5) is 31.4. The summed E-state index contributed by atoms with van der Waals surface area (Å²) >= 11 is 1.41. The van der Waals surface area contributed by atoms with Crippen molar-refractivity contribution in [3.63, 3.8) is 0 Å². The number of fused-ring (bicyclic) bond motifs is 1. The van der Waals surface area contributed by atoms with E-state index in [0.717, 1.165) is 33.7 Å². The fourth-order valence-corrected chi connectivity index (χ4v) is 4.35. The van der Waals surface area contributed by atoms with E-state index in [9.17, 15) is 9.59 Å². The first-order valence-electron chi connectivity index (χ1n) is 9.90. The van der Waals surface area contributed by atoms with Gasteiger partial charge in [0.2, 0.25) is 5.91 Å². The van der Waals surface area contributed by atoms with Crippen molar-refractivity contribution in [2.45, 2.75) is 26.8 Å². The number of amides is 1. The van der Waals surface area contributed by atoms with Crippen LogP contribution in [0.25, 0.3) is 21.3 Å². The van der Waals surface area contributed by atoms with Crippen molar-refractivity contribution >= 4 is 33.1 Å². The molecule has 7 heteroatoms. The first kappa shape index (κ1) is 20.8. The highest BCUT2D eigenvalue weighted by molar-refractivity contribution is 7.17. The fraction of sp³-hybridized carbons (Fsp3) is 0.208. The van der Waals surface area contributed by atoms with Gasteiger partial charge >= 0.3 is 0 Å². The molecule has 0 fully saturated rings. The maximum Gasteiger partial charge on any atom is 0.263 e. The van der Waals surface area contributed by atoms with Crippen LogP contribution in [0.2, 0.25) is 0 Å². The number of hydrogen-bond donors (Lipinski definition) is 1. The third kappa shape index (κ3) is 3.96. The van der Waals surface area contributed by atoms with Crippen molar-refractivity contribution < 1.29 is 9.53 Å². The Bertz CT molecular complexity index is 1320. The van der Waals surface area contributed by atoms with Gasteiger partial charge in [0.25, 0.3) is 5.56 Å². The van der Waals surface area contributed by atoms with Gasteiger partial charge in [0.1, 0.15) is 16.6 Å². The van der Waals surface area contributed by atoms with Gasteiger partial charge in [0, 0.05) is 16.6 Å². The summed E-state index contributed by atoms with van der Waals surface area (Å²) < 4.78 is 6.61. The number of ether oxygens (including phenoxy) is 1. The average molecular weight is 434 g/mol. The van der Waals surface area contributed by atoms with Gasteiger partial charge in [-0.3, -0.25) is 14.2 Å². The monoisotopic (exact) mass is 433 g/mol. The summed E-state index contributed by atoms with van der Waals surface area (Å²) in [6.07, 6.45) is 1.45. The van der Waals surface area contributed by atoms with Crippen LogP contribution >= 0.6 is 11.3 Å². The number of methoxy groups -OCH3 is 1. The largest absolute Gasteiger partial charge is 0.497 e. The molecule has 2 aromatic heterocycles. The van der Waals surface area contributed by atoms with Gasteiger partial charge in [0.05, 0.1) is 18.8 Å². The van der Waals surface area contributed by atoms with E-state index in [1.54, 1.807) is 14.0 Å². The predicted molar refractivity (Wildman–Crippen MR) is 125 cm³/mol. The molecule has 2 aromatic carbocycles. The molecule has 1 atom stereocenters. The Balaban J connectivity index is 1.70. The smallest absolute Gasteiger partial charge is 0.263 e. The molecule has 0 bridgehead atoms. The molecule has 1 N–H and O–H groups in total. The molecule has 0 saturated heterocycles. The normalized spacial score (nSPS) is 12.0. The Morgan fingerprint density at radius 1 is 1.16 bits per heavy atom. The third-order valence-corrected chi connectivity index (χ3v) is 6.25. The van der Waals surface area contributed by atoms with Crippen molar-refractivity contribution in [2.75, 3.05) is 12.4 Å². The topological polar surface area (TPSA) is 73.2 Å². The lowest BCUT2D eigenvalue weighted by atomic mass is 10.1. The van der Waals surface area contributed by atoms with E-state index in [2.05, 4.69) is 10.3 Å². The van der Waals surface area contributed by atoms with E-state index >= 15 is 0 Å². The minimum Gasteiger partial charge on any atom is -0.497 e. The van der Waals surface area contributed by atoms with E-state index in [0.29, 0.717) is 10.2 Å². The highest BCUT2D eigenvalue weighted by Crippen LogP contribution is 2.32. The summed E-state index contributed by atoms with van der Waals surface area (Å²) in [5.41, 5.74) is 4.23. The second-order valence-electron chi connectivity index (χ2n) is 7.50. The van der Waals surface area contributed by atoms with E-state index < -0.39 is 6.04 Å². The quantitative estimate of drug-likeness (QED) is 0.483. The molecule has 0 aliphatic heterocycles. The van der Waals surface area contributed by atoms with Crippen LogP contribution in [0.4, 0.5) is 5.69 Å². The molecule has 4 rings (SSSR count). The van der Waals surface area contributed by atoms with Crippen LogP contribution in [0, 0.1) is 13.8 Å². The molecule has 4 aromatic rings. The molecule has 1 unspecified atom stereocenters. The Labute approximate surface area is 184 Å². The fourth-order valence-electron chi connectivity index (χ4n) is 3.44. The van der Waals surface area contributed by atoms with Gasteiger partial charge < -0.3 is 10.1 Å². The van der Waals surface area contributed by atoms with Crippen LogP contribution in [0.5, 0.6) is 5.75 Å². The van der Waals surface area contributed by atoms with Crippen LogP contribution < -0.4 is 15.6 Å². The molecule has 158 valence electrons.